The summed E-state index contributed by atoms with van der Waals surface area (Å²) in [4.78, 5) is 11.1. The molecular formula is C10H13NO3. The molecule has 4 nitrogen and oxygen atoms in total. The average molecular weight is 195 g/mol. The number of methoxy groups -OCH3 is 1. The molecule has 0 bridgehead atoms. The van der Waals surface area contributed by atoms with Crippen molar-refractivity contribution in [2.24, 2.45) is 5.73 Å². The van der Waals surface area contributed by atoms with Crippen LogP contribution in [0.1, 0.15) is 0 Å². The number of nitrogens with two attached hydrogens (primary N) is 1. The molecule has 1 atom stereocenters. The van der Waals surface area contributed by atoms with Crippen LogP contribution in [-0.4, -0.2) is 25.7 Å². The minimum atomic E-state index is -0.734. The van der Waals surface area contributed by atoms with Crippen LogP contribution in [0.4, 0.5) is 0 Å². The number of para-hydroxylation sites is 1. The van der Waals surface area contributed by atoms with E-state index in [0.717, 1.165) is 0 Å². The first-order valence-electron chi connectivity index (χ1n) is 4.27. The Hall–Kier alpha value is -1.55. The lowest BCUT2D eigenvalue weighted by Gasteiger charge is -2.14. The van der Waals surface area contributed by atoms with Crippen molar-refractivity contribution in [1.29, 1.82) is 0 Å². The van der Waals surface area contributed by atoms with E-state index in [1.165, 1.54) is 7.11 Å². The quantitative estimate of drug-likeness (QED) is 0.713. The highest BCUT2D eigenvalue weighted by molar-refractivity contribution is 5.75. The monoisotopic (exact) mass is 195 g/mol. The van der Waals surface area contributed by atoms with Gasteiger partial charge in [-0.1, -0.05) is 18.2 Å². The van der Waals surface area contributed by atoms with Gasteiger partial charge in [-0.2, -0.15) is 0 Å². The first kappa shape index (κ1) is 10.5. The summed E-state index contributed by atoms with van der Waals surface area (Å²) >= 11 is 0. The van der Waals surface area contributed by atoms with Gasteiger partial charge in [0.1, 0.15) is 5.75 Å². The highest BCUT2D eigenvalue weighted by Crippen LogP contribution is 2.10. The molecule has 1 rings (SSSR count). The van der Waals surface area contributed by atoms with E-state index in [1.54, 1.807) is 12.1 Å². The van der Waals surface area contributed by atoms with Crippen molar-refractivity contribution in [3.8, 4) is 5.75 Å². The summed E-state index contributed by atoms with van der Waals surface area (Å²) in [5.74, 6) is 0.143. The van der Waals surface area contributed by atoms with Crippen LogP contribution in [0.3, 0.4) is 0 Å². The van der Waals surface area contributed by atoms with Gasteiger partial charge in [-0.05, 0) is 12.1 Å². The fourth-order valence-corrected chi connectivity index (χ4v) is 0.987. The number of ether oxygens (including phenoxy) is 2. The second kappa shape index (κ2) is 5.24. The first-order chi connectivity index (χ1) is 6.77. The molecule has 0 aliphatic rings. The van der Waals surface area contributed by atoms with Crippen molar-refractivity contribution >= 4 is 5.97 Å². The maximum atomic E-state index is 11.1. The zero-order valence-corrected chi connectivity index (χ0v) is 7.97. The predicted molar refractivity (Wildman–Crippen MR) is 51.9 cm³/mol. The van der Waals surface area contributed by atoms with Crippen molar-refractivity contribution in [2.45, 2.75) is 6.10 Å². The van der Waals surface area contributed by atoms with Gasteiger partial charge in [0.25, 0.3) is 0 Å². The van der Waals surface area contributed by atoms with Gasteiger partial charge in [0.2, 0.25) is 6.10 Å². The third-order valence-corrected chi connectivity index (χ3v) is 1.70. The standard InChI is InChI=1S/C10H13NO3/c1-13-10(12)9(7-11)14-8-5-3-2-4-6-8/h2-6,9H,7,11H2,1H3. The Balaban J connectivity index is 2.62. The lowest BCUT2D eigenvalue weighted by Crippen LogP contribution is -2.35. The lowest BCUT2D eigenvalue weighted by molar-refractivity contribution is -0.148. The maximum absolute atomic E-state index is 11.1. The second-order valence-corrected chi connectivity index (χ2v) is 2.68. The van der Waals surface area contributed by atoms with E-state index in [1.807, 2.05) is 18.2 Å². The summed E-state index contributed by atoms with van der Waals surface area (Å²) in [7, 11) is 1.30. The smallest absolute Gasteiger partial charge is 0.348 e. The number of carbonyl (C=O) groups excluding carboxylic acids is 1. The summed E-state index contributed by atoms with van der Waals surface area (Å²) < 4.78 is 9.85. The van der Waals surface area contributed by atoms with Crippen LogP contribution in [0.5, 0.6) is 5.75 Å². The molecule has 0 aromatic heterocycles. The Labute approximate surface area is 82.6 Å². The van der Waals surface area contributed by atoms with Crippen LogP contribution in [0.25, 0.3) is 0 Å². The fraction of sp³-hybridized carbons (Fsp3) is 0.300. The van der Waals surface area contributed by atoms with Gasteiger partial charge in [0.15, 0.2) is 0 Å². The van der Waals surface area contributed by atoms with Crippen LogP contribution in [-0.2, 0) is 9.53 Å². The third kappa shape index (κ3) is 2.74. The number of hydrogen-bond acceptors (Lipinski definition) is 4. The van der Waals surface area contributed by atoms with Crippen LogP contribution in [0, 0.1) is 0 Å². The lowest BCUT2D eigenvalue weighted by atomic mass is 10.3. The molecule has 0 saturated heterocycles. The number of hydrogen-bond donors (Lipinski definition) is 1. The van der Waals surface area contributed by atoms with Gasteiger partial charge in [0.05, 0.1) is 7.11 Å². The number of esters is 1. The summed E-state index contributed by atoms with van der Waals surface area (Å²) in [6, 6.07) is 9.01. The Morgan fingerprint density at radius 1 is 1.43 bits per heavy atom. The summed E-state index contributed by atoms with van der Waals surface area (Å²) in [6.45, 7) is 0.0988. The van der Waals surface area contributed by atoms with E-state index in [2.05, 4.69) is 4.74 Å². The minimum absolute atomic E-state index is 0.0988. The molecule has 76 valence electrons. The largest absolute Gasteiger partial charge is 0.477 e. The molecule has 0 amide bonds. The van der Waals surface area contributed by atoms with Crippen molar-refractivity contribution in [3.63, 3.8) is 0 Å². The van der Waals surface area contributed by atoms with E-state index in [-0.39, 0.29) is 6.54 Å². The number of carbonyl (C=O) groups is 1. The molecule has 1 aromatic rings. The minimum Gasteiger partial charge on any atom is -0.477 e. The Bertz CT molecular complexity index is 287. The Morgan fingerprint density at radius 3 is 2.57 bits per heavy atom. The molecule has 0 saturated carbocycles. The van der Waals surface area contributed by atoms with Crippen LogP contribution < -0.4 is 10.5 Å². The van der Waals surface area contributed by atoms with E-state index < -0.39 is 12.1 Å². The van der Waals surface area contributed by atoms with Crippen molar-refractivity contribution < 1.29 is 14.3 Å². The summed E-state index contributed by atoms with van der Waals surface area (Å²) in [5, 5.41) is 0. The van der Waals surface area contributed by atoms with Gasteiger partial charge < -0.3 is 15.2 Å². The van der Waals surface area contributed by atoms with Gasteiger partial charge in [-0.3, -0.25) is 0 Å². The molecule has 0 radical (unpaired) electrons. The first-order valence-corrected chi connectivity index (χ1v) is 4.27. The van der Waals surface area contributed by atoms with E-state index in [9.17, 15) is 4.79 Å². The summed E-state index contributed by atoms with van der Waals surface area (Å²) in [5.41, 5.74) is 5.37. The fourth-order valence-electron chi connectivity index (χ4n) is 0.987. The van der Waals surface area contributed by atoms with Gasteiger partial charge >= 0.3 is 5.97 Å². The zero-order chi connectivity index (χ0) is 10.4. The van der Waals surface area contributed by atoms with Crippen LogP contribution >= 0.6 is 0 Å². The van der Waals surface area contributed by atoms with E-state index >= 15 is 0 Å². The second-order valence-electron chi connectivity index (χ2n) is 2.68. The molecule has 0 fully saturated rings. The third-order valence-electron chi connectivity index (χ3n) is 1.70. The predicted octanol–water partition coefficient (Wildman–Crippen LogP) is 0.566. The van der Waals surface area contributed by atoms with E-state index in [0.29, 0.717) is 5.75 Å². The molecule has 1 unspecified atom stereocenters. The molecule has 1 aromatic carbocycles. The number of rotatable bonds is 4. The molecule has 0 aliphatic heterocycles. The molecule has 2 N–H and O–H groups in total. The SMILES string of the molecule is COC(=O)C(CN)Oc1ccccc1. The van der Waals surface area contributed by atoms with Crippen LogP contribution in [0.2, 0.25) is 0 Å². The Morgan fingerprint density at radius 2 is 2.07 bits per heavy atom. The van der Waals surface area contributed by atoms with Gasteiger partial charge in [0, 0.05) is 6.54 Å². The topological polar surface area (TPSA) is 61.5 Å². The molecule has 4 heteroatoms. The van der Waals surface area contributed by atoms with Gasteiger partial charge in [-0.25, -0.2) is 4.79 Å². The Kier molecular flexibility index (Phi) is 3.94. The molecule has 0 spiro atoms. The zero-order valence-electron chi connectivity index (χ0n) is 7.97. The molecule has 0 heterocycles. The van der Waals surface area contributed by atoms with Crippen LogP contribution in [0.15, 0.2) is 30.3 Å². The highest BCUT2D eigenvalue weighted by atomic mass is 16.6. The average Bonchev–Trinajstić information content (AvgIpc) is 2.26. The van der Waals surface area contributed by atoms with Crippen molar-refractivity contribution in [2.75, 3.05) is 13.7 Å². The summed E-state index contributed by atoms with van der Waals surface area (Å²) in [6.07, 6.45) is -0.734. The molecule has 0 aliphatic carbocycles. The maximum Gasteiger partial charge on any atom is 0.348 e. The highest BCUT2D eigenvalue weighted by Gasteiger charge is 2.18. The van der Waals surface area contributed by atoms with Crippen molar-refractivity contribution in [3.05, 3.63) is 30.3 Å². The molecular weight excluding hydrogens is 182 g/mol. The van der Waals surface area contributed by atoms with E-state index in [4.69, 9.17) is 10.5 Å². The molecule has 14 heavy (non-hydrogen) atoms. The number of benzene rings is 1. The van der Waals surface area contributed by atoms with Crippen molar-refractivity contribution in [1.82, 2.24) is 0 Å². The van der Waals surface area contributed by atoms with Gasteiger partial charge in [-0.15, -0.1) is 0 Å². The normalized spacial score (nSPS) is 11.9.